The number of aryl methyl sites for hydroxylation is 2. The molecule has 0 bridgehead atoms. The summed E-state index contributed by atoms with van der Waals surface area (Å²) in [7, 11) is 1.62. The van der Waals surface area contributed by atoms with Gasteiger partial charge in [-0.2, -0.15) is 10.1 Å². The van der Waals surface area contributed by atoms with E-state index in [0.717, 1.165) is 27.5 Å². The summed E-state index contributed by atoms with van der Waals surface area (Å²) < 4.78 is 12.4. The van der Waals surface area contributed by atoms with Crippen molar-refractivity contribution >= 4 is 17.0 Å². The summed E-state index contributed by atoms with van der Waals surface area (Å²) in [6, 6.07) is 3.79. The van der Waals surface area contributed by atoms with Crippen LogP contribution in [0.1, 0.15) is 11.3 Å². The highest BCUT2D eigenvalue weighted by Gasteiger charge is 2.17. The summed E-state index contributed by atoms with van der Waals surface area (Å²) in [5.41, 5.74) is 4.15. The average Bonchev–Trinajstić information content (AvgIpc) is 3.24. The molecule has 0 atom stereocenters. The number of imidazole rings is 1. The summed E-state index contributed by atoms with van der Waals surface area (Å²) in [6.07, 6.45) is 1.87. The Bertz CT molecular complexity index is 1000. The van der Waals surface area contributed by atoms with E-state index >= 15 is 0 Å². The first-order valence-corrected chi connectivity index (χ1v) is 7.83. The minimum Gasteiger partial charge on any atom is -0.487 e. The Labute approximate surface area is 135 Å². The second-order valence-corrected chi connectivity index (χ2v) is 5.99. The van der Waals surface area contributed by atoms with E-state index in [4.69, 9.17) is 9.26 Å². The second-order valence-electron chi connectivity index (χ2n) is 5.11. The molecule has 23 heavy (non-hydrogen) atoms. The van der Waals surface area contributed by atoms with E-state index < -0.39 is 0 Å². The zero-order valence-electron chi connectivity index (χ0n) is 12.8. The molecule has 0 aliphatic carbocycles. The summed E-state index contributed by atoms with van der Waals surface area (Å²) in [4.78, 5) is 8.87. The first kappa shape index (κ1) is 13.9. The largest absolute Gasteiger partial charge is 0.487 e. The van der Waals surface area contributed by atoms with Crippen LogP contribution in [0, 0.1) is 13.8 Å². The standard InChI is InChI=1S/C15H13N5O2S/c1-8-6-11(18-20-7-9(2)16-13(8)20)14-17-12(19-22-14)10-4-5-23-15(10)21-3/h4-7H,1-3H3. The molecule has 116 valence electrons. The lowest BCUT2D eigenvalue weighted by atomic mass is 10.2. The van der Waals surface area contributed by atoms with E-state index in [1.54, 1.807) is 11.6 Å². The van der Waals surface area contributed by atoms with Gasteiger partial charge in [0.2, 0.25) is 5.82 Å². The topological polar surface area (TPSA) is 78.3 Å². The molecular formula is C15H13N5O2S. The minimum absolute atomic E-state index is 0.365. The van der Waals surface area contributed by atoms with Crippen molar-refractivity contribution in [3.8, 4) is 28.0 Å². The molecule has 0 amide bonds. The molecule has 0 spiro atoms. The van der Waals surface area contributed by atoms with Crippen molar-refractivity contribution in [2.24, 2.45) is 0 Å². The maximum Gasteiger partial charge on any atom is 0.278 e. The van der Waals surface area contributed by atoms with Crippen molar-refractivity contribution in [2.45, 2.75) is 13.8 Å². The highest BCUT2D eigenvalue weighted by molar-refractivity contribution is 7.12. The van der Waals surface area contributed by atoms with Crippen molar-refractivity contribution in [2.75, 3.05) is 7.11 Å². The van der Waals surface area contributed by atoms with Gasteiger partial charge in [0.1, 0.15) is 5.69 Å². The number of hydrogen-bond donors (Lipinski definition) is 0. The zero-order chi connectivity index (χ0) is 16.0. The fraction of sp³-hybridized carbons (Fsp3) is 0.200. The van der Waals surface area contributed by atoms with Gasteiger partial charge in [0, 0.05) is 0 Å². The van der Waals surface area contributed by atoms with Gasteiger partial charge in [-0.1, -0.05) is 5.16 Å². The Morgan fingerprint density at radius 3 is 2.96 bits per heavy atom. The molecule has 0 N–H and O–H groups in total. The second kappa shape index (κ2) is 5.17. The number of ether oxygens (including phenoxy) is 1. The van der Waals surface area contributed by atoms with Gasteiger partial charge in [-0.05, 0) is 36.9 Å². The number of methoxy groups -OCH3 is 1. The van der Waals surface area contributed by atoms with Crippen LogP contribution in [0.2, 0.25) is 0 Å². The predicted octanol–water partition coefficient (Wildman–Crippen LogP) is 3.13. The van der Waals surface area contributed by atoms with Crippen LogP contribution >= 0.6 is 11.3 Å². The Morgan fingerprint density at radius 2 is 2.13 bits per heavy atom. The molecule has 7 nitrogen and oxygen atoms in total. The normalized spacial score (nSPS) is 11.3. The number of hydrogen-bond acceptors (Lipinski definition) is 7. The van der Waals surface area contributed by atoms with Gasteiger partial charge >= 0.3 is 0 Å². The molecule has 0 aliphatic heterocycles. The fourth-order valence-corrected chi connectivity index (χ4v) is 3.12. The molecule has 0 radical (unpaired) electrons. The number of nitrogens with zero attached hydrogens (tertiary/aromatic N) is 5. The average molecular weight is 327 g/mol. The molecule has 4 heterocycles. The monoisotopic (exact) mass is 327 g/mol. The molecular weight excluding hydrogens is 314 g/mol. The summed E-state index contributed by atoms with van der Waals surface area (Å²) >= 11 is 1.48. The third kappa shape index (κ3) is 2.27. The number of fused-ring (bicyclic) bond motifs is 1. The smallest absolute Gasteiger partial charge is 0.278 e. The third-order valence-electron chi connectivity index (χ3n) is 3.43. The van der Waals surface area contributed by atoms with Crippen LogP contribution in [-0.4, -0.2) is 31.8 Å². The van der Waals surface area contributed by atoms with Crippen LogP contribution in [0.25, 0.3) is 28.6 Å². The van der Waals surface area contributed by atoms with Gasteiger partial charge in [0.15, 0.2) is 10.7 Å². The molecule has 4 rings (SSSR count). The Kier molecular flexibility index (Phi) is 3.12. The molecule has 0 aromatic carbocycles. The summed E-state index contributed by atoms with van der Waals surface area (Å²) in [6.45, 7) is 3.91. The highest BCUT2D eigenvalue weighted by Crippen LogP contribution is 2.34. The van der Waals surface area contributed by atoms with Crippen LogP contribution in [0.15, 0.2) is 28.2 Å². The van der Waals surface area contributed by atoms with Crippen molar-refractivity contribution < 1.29 is 9.26 Å². The van der Waals surface area contributed by atoms with E-state index in [0.29, 0.717) is 17.4 Å². The zero-order valence-corrected chi connectivity index (χ0v) is 13.6. The minimum atomic E-state index is 0.365. The molecule has 0 unspecified atom stereocenters. The lowest BCUT2D eigenvalue weighted by Crippen LogP contribution is -1.96. The third-order valence-corrected chi connectivity index (χ3v) is 4.30. The van der Waals surface area contributed by atoms with E-state index in [1.165, 1.54) is 11.3 Å². The fourth-order valence-electron chi connectivity index (χ4n) is 2.41. The first-order chi connectivity index (χ1) is 11.2. The maximum absolute atomic E-state index is 5.38. The molecule has 0 fully saturated rings. The lowest BCUT2D eigenvalue weighted by molar-refractivity contribution is 0.422. The molecule has 4 aromatic heterocycles. The van der Waals surface area contributed by atoms with Gasteiger partial charge in [0.25, 0.3) is 5.89 Å². The van der Waals surface area contributed by atoms with Gasteiger partial charge in [-0.25, -0.2) is 9.50 Å². The van der Waals surface area contributed by atoms with Crippen molar-refractivity contribution in [3.63, 3.8) is 0 Å². The molecule has 4 aromatic rings. The van der Waals surface area contributed by atoms with Crippen molar-refractivity contribution in [1.29, 1.82) is 0 Å². The number of aromatic nitrogens is 5. The Hall–Kier alpha value is -2.74. The van der Waals surface area contributed by atoms with E-state index in [9.17, 15) is 0 Å². The SMILES string of the molecule is COc1sccc1-c1noc(-c2cc(C)c3nc(C)cn3n2)n1. The summed E-state index contributed by atoms with van der Waals surface area (Å²) in [5, 5.41) is 11.2. The maximum atomic E-state index is 5.38. The first-order valence-electron chi connectivity index (χ1n) is 6.95. The molecule has 0 saturated heterocycles. The van der Waals surface area contributed by atoms with Gasteiger partial charge in [-0.15, -0.1) is 11.3 Å². The van der Waals surface area contributed by atoms with E-state index in [2.05, 4.69) is 20.2 Å². The molecule has 8 heteroatoms. The molecule has 0 aliphatic rings. The Morgan fingerprint density at radius 1 is 1.26 bits per heavy atom. The predicted molar refractivity (Wildman–Crippen MR) is 85.6 cm³/mol. The molecule has 0 saturated carbocycles. The highest BCUT2D eigenvalue weighted by atomic mass is 32.1. The van der Waals surface area contributed by atoms with Crippen LogP contribution in [-0.2, 0) is 0 Å². The van der Waals surface area contributed by atoms with Crippen LogP contribution in [0.4, 0.5) is 0 Å². The van der Waals surface area contributed by atoms with Crippen molar-refractivity contribution in [3.05, 3.63) is 35.0 Å². The van der Waals surface area contributed by atoms with Crippen LogP contribution in [0.5, 0.6) is 5.06 Å². The summed E-state index contributed by atoms with van der Waals surface area (Å²) in [5.74, 6) is 0.851. The van der Waals surface area contributed by atoms with Crippen LogP contribution in [0.3, 0.4) is 0 Å². The van der Waals surface area contributed by atoms with E-state index in [-0.39, 0.29) is 0 Å². The Balaban J connectivity index is 1.80. The quantitative estimate of drug-likeness (QED) is 0.575. The van der Waals surface area contributed by atoms with Gasteiger partial charge in [-0.3, -0.25) is 0 Å². The lowest BCUT2D eigenvalue weighted by Gasteiger charge is -1.99. The van der Waals surface area contributed by atoms with Gasteiger partial charge in [0.05, 0.1) is 24.6 Å². The van der Waals surface area contributed by atoms with Crippen molar-refractivity contribution in [1.82, 2.24) is 24.7 Å². The van der Waals surface area contributed by atoms with Crippen LogP contribution < -0.4 is 4.74 Å². The van der Waals surface area contributed by atoms with E-state index in [1.807, 2.05) is 37.6 Å². The number of thiophene rings is 1. The van der Waals surface area contributed by atoms with Gasteiger partial charge < -0.3 is 9.26 Å². The number of rotatable bonds is 3.